The first-order valence-electron chi connectivity index (χ1n) is 7.95. The van der Waals surface area contributed by atoms with E-state index >= 15 is 0 Å². The largest absolute Gasteiger partial charge is 0.349 e. The van der Waals surface area contributed by atoms with Crippen molar-refractivity contribution in [2.45, 2.75) is 6.04 Å². The minimum absolute atomic E-state index is 0.136. The molecule has 0 aliphatic rings. The molecule has 2 rings (SSSR count). The molecule has 0 aliphatic heterocycles. The third-order valence-electron chi connectivity index (χ3n) is 3.33. The van der Waals surface area contributed by atoms with Gasteiger partial charge >= 0.3 is 5.91 Å². The number of nitrogens with two attached hydrogens (primary N) is 3. The van der Waals surface area contributed by atoms with Gasteiger partial charge in [-0.25, -0.2) is 4.79 Å². The number of thiophene rings is 1. The molecule has 1 aromatic heterocycles. The maximum atomic E-state index is 12.2. The van der Waals surface area contributed by atoms with Crippen LogP contribution in [0.3, 0.4) is 0 Å². The molecule has 0 fully saturated rings. The van der Waals surface area contributed by atoms with Gasteiger partial charge in [0.2, 0.25) is 0 Å². The van der Waals surface area contributed by atoms with Crippen LogP contribution in [0, 0.1) is 0 Å². The lowest BCUT2D eigenvalue weighted by atomic mass is 10.2. The van der Waals surface area contributed by atoms with Crippen molar-refractivity contribution in [3.8, 4) is 0 Å². The molecule has 0 saturated carbocycles. The van der Waals surface area contributed by atoms with Crippen LogP contribution in [-0.4, -0.2) is 49.0 Å². The van der Waals surface area contributed by atoms with E-state index in [1.165, 1.54) is 11.3 Å². The number of nitrogens with one attached hydrogen (secondary N) is 1. The van der Waals surface area contributed by atoms with Crippen molar-refractivity contribution in [1.82, 2.24) is 5.32 Å². The lowest BCUT2D eigenvalue weighted by molar-refractivity contribution is -0.565. The van der Waals surface area contributed by atoms with E-state index in [2.05, 4.69) is 5.32 Å². The third-order valence-corrected chi connectivity index (χ3v) is 6.91. The van der Waals surface area contributed by atoms with Gasteiger partial charge < -0.3 is 16.8 Å². The standard InChI is InChI=1S/C16H22N4O2S3/c17-5-7-23-24-8-6-19-15(21)12(18)10-20-16(22)14-9-11-3-1-2-4-13(11)25-14/h1-4,9,12H,5-8,10,17-18H2,(H,19,21)(H,20,22)/p+1. The Kier molecular flexibility index (Phi) is 8.73. The monoisotopic (exact) mass is 399 g/mol. The summed E-state index contributed by atoms with van der Waals surface area (Å²) in [5.74, 6) is 1.42. The molecule has 9 heteroatoms. The van der Waals surface area contributed by atoms with Crippen molar-refractivity contribution in [2.24, 2.45) is 11.5 Å². The molecule has 0 saturated heterocycles. The number of quaternary nitrogens is 1. The van der Waals surface area contributed by atoms with E-state index in [1.54, 1.807) is 26.9 Å². The van der Waals surface area contributed by atoms with Gasteiger partial charge in [-0.2, -0.15) is 0 Å². The number of amides is 2. The molecular weight excluding hydrogens is 376 g/mol. The quantitative estimate of drug-likeness (QED) is 0.339. The average Bonchev–Trinajstić information content (AvgIpc) is 3.06. The normalized spacial score (nSPS) is 12.2. The zero-order valence-corrected chi connectivity index (χ0v) is 16.2. The van der Waals surface area contributed by atoms with Gasteiger partial charge in [-0.1, -0.05) is 39.8 Å². The third kappa shape index (κ3) is 6.61. The molecule has 25 heavy (non-hydrogen) atoms. The molecule has 7 N–H and O–H groups in total. The van der Waals surface area contributed by atoms with Crippen LogP contribution in [-0.2, 0) is 4.79 Å². The summed E-state index contributed by atoms with van der Waals surface area (Å²) in [6.45, 7) is 1.46. The fraction of sp³-hybridized carbons (Fsp3) is 0.375. The molecule has 1 unspecified atom stereocenters. The summed E-state index contributed by atoms with van der Waals surface area (Å²) in [6.07, 6.45) is 0. The first-order chi connectivity index (χ1) is 12.1. The van der Waals surface area contributed by atoms with Crippen molar-refractivity contribution in [3.63, 3.8) is 0 Å². The Hall–Kier alpha value is -1.10. The highest BCUT2D eigenvalue weighted by atomic mass is 33.1. The summed E-state index contributed by atoms with van der Waals surface area (Å²) in [4.78, 5) is 24.8. The first-order valence-corrected chi connectivity index (χ1v) is 11.3. The van der Waals surface area contributed by atoms with Crippen molar-refractivity contribution >= 4 is 54.8 Å². The SMILES string of the molecule is NCCSSCC[NH2+]C(=O)C(N)CNC(=O)c1cc2ccccc2s1. The van der Waals surface area contributed by atoms with Gasteiger partial charge in [0.15, 0.2) is 0 Å². The predicted molar refractivity (Wildman–Crippen MR) is 108 cm³/mol. The van der Waals surface area contributed by atoms with Crippen molar-refractivity contribution in [1.29, 1.82) is 0 Å². The highest BCUT2D eigenvalue weighted by Crippen LogP contribution is 2.24. The molecular formula is C16H23N4O2S3+. The van der Waals surface area contributed by atoms with Crippen molar-refractivity contribution in [2.75, 3.05) is 31.1 Å². The summed E-state index contributed by atoms with van der Waals surface area (Å²) in [6, 6.07) is 8.97. The average molecular weight is 400 g/mol. The summed E-state index contributed by atoms with van der Waals surface area (Å²) < 4.78 is 1.06. The van der Waals surface area contributed by atoms with Crippen LogP contribution in [0.4, 0.5) is 0 Å². The molecule has 1 aromatic carbocycles. The molecule has 1 heterocycles. The summed E-state index contributed by atoms with van der Waals surface area (Å²) in [7, 11) is 3.39. The zero-order valence-electron chi connectivity index (χ0n) is 13.8. The fourth-order valence-corrected chi connectivity index (χ4v) is 4.86. The second kappa shape index (κ2) is 10.8. The van der Waals surface area contributed by atoms with Gasteiger partial charge in [0.05, 0.1) is 17.2 Å². The van der Waals surface area contributed by atoms with Crippen LogP contribution in [0.5, 0.6) is 0 Å². The Labute approximate surface area is 158 Å². The second-order valence-electron chi connectivity index (χ2n) is 5.29. The highest BCUT2D eigenvalue weighted by molar-refractivity contribution is 8.76. The Bertz CT molecular complexity index is 674. The Morgan fingerprint density at radius 2 is 2.00 bits per heavy atom. The summed E-state index contributed by atoms with van der Waals surface area (Å²) in [5.41, 5.74) is 11.3. The smallest absolute Gasteiger partial charge is 0.329 e. The highest BCUT2D eigenvalue weighted by Gasteiger charge is 2.19. The van der Waals surface area contributed by atoms with Gasteiger partial charge in [0, 0.05) is 23.5 Å². The zero-order chi connectivity index (χ0) is 18.1. The van der Waals surface area contributed by atoms with E-state index in [0.29, 0.717) is 18.0 Å². The van der Waals surface area contributed by atoms with E-state index in [-0.39, 0.29) is 18.4 Å². The van der Waals surface area contributed by atoms with Gasteiger partial charge in [-0.3, -0.25) is 10.1 Å². The Balaban J connectivity index is 1.70. The summed E-state index contributed by atoms with van der Waals surface area (Å²) >= 11 is 1.43. The predicted octanol–water partition coefficient (Wildman–Crippen LogP) is 0.389. The topological polar surface area (TPSA) is 115 Å². The van der Waals surface area contributed by atoms with Crippen LogP contribution in [0.15, 0.2) is 30.3 Å². The Morgan fingerprint density at radius 1 is 1.24 bits per heavy atom. The second-order valence-corrected chi connectivity index (χ2v) is 9.08. The van der Waals surface area contributed by atoms with Gasteiger partial charge in [-0.15, -0.1) is 11.3 Å². The molecule has 2 aromatic rings. The number of carbonyl (C=O) groups excluding carboxylic acids is 2. The van der Waals surface area contributed by atoms with Crippen LogP contribution in [0.25, 0.3) is 10.1 Å². The first kappa shape index (κ1) is 20.2. The van der Waals surface area contributed by atoms with Gasteiger partial charge in [0.1, 0.15) is 6.04 Å². The van der Waals surface area contributed by atoms with Crippen LogP contribution >= 0.6 is 32.9 Å². The maximum Gasteiger partial charge on any atom is 0.329 e. The van der Waals surface area contributed by atoms with Crippen LogP contribution in [0.1, 0.15) is 9.67 Å². The number of primary amides is 1. The lowest BCUT2D eigenvalue weighted by Crippen LogP contribution is -2.92. The molecule has 1 atom stereocenters. The number of rotatable bonds is 10. The molecule has 6 nitrogen and oxygen atoms in total. The van der Waals surface area contributed by atoms with E-state index in [9.17, 15) is 9.59 Å². The van der Waals surface area contributed by atoms with Crippen LogP contribution < -0.4 is 22.1 Å². The molecule has 0 bridgehead atoms. The van der Waals surface area contributed by atoms with Gasteiger partial charge in [-0.05, 0) is 17.5 Å². The summed E-state index contributed by atoms with van der Waals surface area (Å²) in [5, 5.41) is 5.38. The van der Waals surface area contributed by atoms with Crippen molar-refractivity contribution in [3.05, 3.63) is 35.2 Å². The molecule has 0 aliphatic carbocycles. The minimum Gasteiger partial charge on any atom is -0.349 e. The lowest BCUT2D eigenvalue weighted by Gasteiger charge is -2.09. The van der Waals surface area contributed by atoms with E-state index in [1.807, 2.05) is 30.3 Å². The Morgan fingerprint density at radius 3 is 2.76 bits per heavy atom. The maximum absolute atomic E-state index is 12.2. The number of hydrogen-bond donors (Lipinski definition) is 4. The van der Waals surface area contributed by atoms with Crippen LogP contribution in [0.2, 0.25) is 0 Å². The minimum atomic E-state index is -0.708. The number of benzene rings is 1. The molecule has 0 spiro atoms. The van der Waals surface area contributed by atoms with E-state index in [0.717, 1.165) is 21.6 Å². The number of fused-ring (bicyclic) bond motifs is 1. The number of carbonyl (C=O) groups is 2. The van der Waals surface area contributed by atoms with Gasteiger partial charge in [0.25, 0.3) is 5.91 Å². The number of hydrogen-bond acceptors (Lipinski definition) is 7. The van der Waals surface area contributed by atoms with E-state index in [4.69, 9.17) is 11.5 Å². The molecule has 2 amide bonds. The van der Waals surface area contributed by atoms with Crippen molar-refractivity contribution < 1.29 is 14.9 Å². The molecule has 136 valence electrons. The fourth-order valence-electron chi connectivity index (χ4n) is 2.05. The molecule has 0 radical (unpaired) electrons. The van der Waals surface area contributed by atoms with E-state index < -0.39 is 6.04 Å².